The van der Waals surface area contributed by atoms with Gasteiger partial charge in [-0.05, 0) is 31.9 Å². The van der Waals surface area contributed by atoms with Gasteiger partial charge < -0.3 is 10.2 Å². The molecule has 0 aliphatic rings. The van der Waals surface area contributed by atoms with Gasteiger partial charge in [-0.25, -0.2) is 0 Å². The van der Waals surface area contributed by atoms with Crippen molar-refractivity contribution in [1.29, 1.82) is 0 Å². The highest BCUT2D eigenvalue weighted by Gasteiger charge is 2.21. The molecule has 1 rings (SSSR count). The first-order chi connectivity index (χ1) is 9.45. The minimum atomic E-state index is -0.406. The molecule has 0 saturated carbocycles. The van der Waals surface area contributed by atoms with E-state index in [-0.39, 0.29) is 24.2 Å². The number of nitrogens with zero attached hydrogens (tertiary/aromatic N) is 1. The van der Waals surface area contributed by atoms with E-state index in [1.54, 1.807) is 0 Å². The smallest absolute Gasteiger partial charge is 0.240 e. The van der Waals surface area contributed by atoms with Crippen LogP contribution in [0.2, 0.25) is 0 Å². The predicted octanol–water partition coefficient (Wildman–Crippen LogP) is 2.24. The van der Waals surface area contributed by atoms with Crippen molar-refractivity contribution in [2.75, 3.05) is 18.0 Å². The summed E-state index contributed by atoms with van der Waals surface area (Å²) in [6, 6.07) is 9.38. The normalized spacial score (nSPS) is 12.1. The second-order valence-electron chi connectivity index (χ2n) is 5.25. The molecular weight excluding hydrogens is 252 g/mol. The summed E-state index contributed by atoms with van der Waals surface area (Å²) in [5.74, 6) is -0.0241. The Morgan fingerprint density at radius 1 is 1.20 bits per heavy atom. The molecule has 4 heteroatoms. The first kappa shape index (κ1) is 16.2. The zero-order valence-electron chi connectivity index (χ0n) is 12.7. The van der Waals surface area contributed by atoms with Gasteiger partial charge in [-0.3, -0.25) is 9.59 Å². The topological polar surface area (TPSA) is 49.4 Å². The third kappa shape index (κ3) is 4.68. The number of rotatable bonds is 7. The van der Waals surface area contributed by atoms with Crippen molar-refractivity contribution in [2.45, 2.75) is 33.7 Å². The Hall–Kier alpha value is -1.84. The van der Waals surface area contributed by atoms with Crippen LogP contribution in [0.25, 0.3) is 0 Å². The lowest BCUT2D eigenvalue weighted by molar-refractivity contribution is -0.127. The van der Waals surface area contributed by atoms with Gasteiger partial charge in [-0.2, -0.15) is 0 Å². The number of hydrogen-bond donors (Lipinski definition) is 1. The van der Waals surface area contributed by atoms with E-state index in [1.807, 2.05) is 56.0 Å². The lowest BCUT2D eigenvalue weighted by Crippen LogP contribution is -2.47. The van der Waals surface area contributed by atoms with Crippen LogP contribution in [0.15, 0.2) is 30.3 Å². The molecule has 0 saturated heterocycles. The van der Waals surface area contributed by atoms with Crippen LogP contribution >= 0.6 is 0 Å². The Morgan fingerprint density at radius 2 is 1.80 bits per heavy atom. The van der Waals surface area contributed by atoms with Gasteiger partial charge in [0.15, 0.2) is 5.78 Å². The van der Waals surface area contributed by atoms with Crippen molar-refractivity contribution >= 4 is 17.4 Å². The van der Waals surface area contributed by atoms with Crippen LogP contribution in [0.1, 0.15) is 27.7 Å². The predicted molar refractivity (Wildman–Crippen MR) is 81.8 cm³/mol. The highest BCUT2D eigenvalue weighted by molar-refractivity contribution is 5.89. The molecule has 1 amide bonds. The molecule has 1 unspecified atom stereocenters. The number of para-hydroxylation sites is 1. The van der Waals surface area contributed by atoms with Crippen molar-refractivity contribution in [2.24, 2.45) is 5.92 Å². The quantitative estimate of drug-likeness (QED) is 0.831. The van der Waals surface area contributed by atoms with Crippen LogP contribution in [0, 0.1) is 5.92 Å². The first-order valence-corrected chi connectivity index (χ1v) is 7.05. The number of ketones is 1. The maximum Gasteiger partial charge on any atom is 0.240 e. The number of likely N-dealkylation sites (N-methyl/N-ethyl adjacent to an activating group) is 1. The van der Waals surface area contributed by atoms with Crippen LogP contribution in [0.3, 0.4) is 0 Å². The Labute approximate surface area is 121 Å². The Morgan fingerprint density at radius 3 is 2.25 bits per heavy atom. The molecule has 0 aliphatic carbocycles. The summed E-state index contributed by atoms with van der Waals surface area (Å²) >= 11 is 0. The van der Waals surface area contributed by atoms with Gasteiger partial charge in [0, 0.05) is 12.2 Å². The van der Waals surface area contributed by atoms with Crippen molar-refractivity contribution in [3.8, 4) is 0 Å². The molecule has 1 atom stereocenters. The number of nitrogens with one attached hydrogen (secondary N) is 1. The van der Waals surface area contributed by atoms with Gasteiger partial charge in [0.1, 0.15) is 0 Å². The zero-order valence-corrected chi connectivity index (χ0v) is 12.7. The summed E-state index contributed by atoms with van der Waals surface area (Å²) in [7, 11) is 0. The van der Waals surface area contributed by atoms with E-state index < -0.39 is 6.04 Å². The maximum absolute atomic E-state index is 12.1. The molecule has 0 heterocycles. The first-order valence-electron chi connectivity index (χ1n) is 7.05. The van der Waals surface area contributed by atoms with Gasteiger partial charge in [0.25, 0.3) is 0 Å². The fourth-order valence-corrected chi connectivity index (χ4v) is 2.15. The summed E-state index contributed by atoms with van der Waals surface area (Å²) in [5.41, 5.74) is 1.01. The molecule has 0 bridgehead atoms. The number of amides is 1. The maximum atomic E-state index is 12.1. The number of hydrogen-bond acceptors (Lipinski definition) is 3. The minimum absolute atomic E-state index is 0.00360. The Balaban J connectivity index is 2.66. The molecular formula is C16H24N2O2. The third-order valence-electron chi connectivity index (χ3n) is 3.26. The molecule has 110 valence electrons. The molecule has 0 fully saturated rings. The van der Waals surface area contributed by atoms with Crippen LogP contribution in [-0.4, -0.2) is 30.8 Å². The molecule has 4 nitrogen and oxygen atoms in total. The number of benzene rings is 1. The van der Waals surface area contributed by atoms with E-state index in [0.29, 0.717) is 0 Å². The van der Waals surface area contributed by atoms with Crippen LogP contribution in [0.5, 0.6) is 0 Å². The summed E-state index contributed by atoms with van der Waals surface area (Å²) in [6.45, 7) is 8.38. The number of anilines is 1. The van der Waals surface area contributed by atoms with E-state index in [9.17, 15) is 9.59 Å². The third-order valence-corrected chi connectivity index (χ3v) is 3.26. The summed E-state index contributed by atoms with van der Waals surface area (Å²) in [6.07, 6.45) is 0. The van der Waals surface area contributed by atoms with E-state index in [0.717, 1.165) is 12.2 Å². The van der Waals surface area contributed by atoms with Gasteiger partial charge in [0.05, 0.1) is 12.6 Å². The summed E-state index contributed by atoms with van der Waals surface area (Å²) in [4.78, 5) is 25.6. The molecule has 0 aliphatic heterocycles. The standard InChI is InChI=1S/C16H24N2O2/c1-5-18(14-9-7-6-8-10-14)11-15(20)17-16(12(2)3)13(4)19/h6-10,12,16H,5,11H2,1-4H3,(H,17,20). The van der Waals surface area contributed by atoms with E-state index >= 15 is 0 Å². The second-order valence-corrected chi connectivity index (χ2v) is 5.25. The fraction of sp³-hybridized carbons (Fsp3) is 0.500. The molecule has 0 aromatic heterocycles. The van der Waals surface area contributed by atoms with Gasteiger partial charge in [-0.1, -0.05) is 32.0 Å². The molecule has 0 radical (unpaired) electrons. The average Bonchev–Trinajstić information content (AvgIpc) is 2.42. The zero-order chi connectivity index (χ0) is 15.1. The highest BCUT2D eigenvalue weighted by atomic mass is 16.2. The number of carbonyl (C=O) groups is 2. The van der Waals surface area contributed by atoms with Crippen LogP contribution < -0.4 is 10.2 Å². The van der Waals surface area contributed by atoms with Gasteiger partial charge in [-0.15, -0.1) is 0 Å². The van der Waals surface area contributed by atoms with Crippen LogP contribution in [-0.2, 0) is 9.59 Å². The fourth-order valence-electron chi connectivity index (χ4n) is 2.15. The molecule has 1 aromatic carbocycles. The highest BCUT2D eigenvalue weighted by Crippen LogP contribution is 2.12. The molecule has 1 aromatic rings. The second kappa shape index (κ2) is 7.68. The van der Waals surface area contributed by atoms with Gasteiger partial charge in [0.2, 0.25) is 5.91 Å². The number of Topliss-reactive ketones (excluding diaryl/α,β-unsaturated/α-hetero) is 1. The van der Waals surface area contributed by atoms with Gasteiger partial charge >= 0.3 is 0 Å². The Bertz CT molecular complexity index is 443. The monoisotopic (exact) mass is 276 g/mol. The van der Waals surface area contributed by atoms with E-state index in [4.69, 9.17) is 0 Å². The van der Waals surface area contributed by atoms with Crippen LogP contribution in [0.4, 0.5) is 5.69 Å². The van der Waals surface area contributed by atoms with Crippen molar-refractivity contribution in [3.05, 3.63) is 30.3 Å². The molecule has 1 N–H and O–H groups in total. The van der Waals surface area contributed by atoms with Crippen molar-refractivity contribution in [1.82, 2.24) is 5.32 Å². The lowest BCUT2D eigenvalue weighted by Gasteiger charge is -2.25. The average molecular weight is 276 g/mol. The summed E-state index contributed by atoms with van der Waals surface area (Å²) in [5, 5.41) is 2.82. The number of carbonyl (C=O) groups excluding carboxylic acids is 2. The van der Waals surface area contributed by atoms with E-state index in [2.05, 4.69) is 5.32 Å². The van der Waals surface area contributed by atoms with Crippen molar-refractivity contribution in [3.63, 3.8) is 0 Å². The van der Waals surface area contributed by atoms with Crippen molar-refractivity contribution < 1.29 is 9.59 Å². The Kier molecular flexibility index (Phi) is 6.22. The molecule has 0 spiro atoms. The minimum Gasteiger partial charge on any atom is -0.363 e. The lowest BCUT2D eigenvalue weighted by atomic mass is 10.0. The summed E-state index contributed by atoms with van der Waals surface area (Å²) < 4.78 is 0. The largest absolute Gasteiger partial charge is 0.363 e. The van der Waals surface area contributed by atoms with E-state index in [1.165, 1.54) is 6.92 Å². The molecule has 20 heavy (non-hydrogen) atoms. The SMILES string of the molecule is CCN(CC(=O)NC(C(C)=O)C(C)C)c1ccccc1.